The molecule has 4 rings (SSSR count). The molecule has 29 heavy (non-hydrogen) atoms. The summed E-state index contributed by atoms with van der Waals surface area (Å²) < 4.78 is 0. The normalized spacial score (nSPS) is 44.8. The third-order valence-electron chi connectivity index (χ3n) is 10.9. The highest BCUT2D eigenvalue weighted by molar-refractivity contribution is 5.25. The van der Waals surface area contributed by atoms with E-state index in [0.717, 1.165) is 35.5 Å². The molecule has 0 aromatic rings. The molecular formula is C29H50. The summed E-state index contributed by atoms with van der Waals surface area (Å²) in [4.78, 5) is 0. The van der Waals surface area contributed by atoms with Crippen LogP contribution < -0.4 is 0 Å². The molecule has 0 aliphatic heterocycles. The summed E-state index contributed by atoms with van der Waals surface area (Å²) >= 11 is 0. The molecule has 166 valence electrons. The van der Waals surface area contributed by atoms with Gasteiger partial charge in [-0.2, -0.15) is 0 Å². The van der Waals surface area contributed by atoms with E-state index in [-0.39, 0.29) is 0 Å². The van der Waals surface area contributed by atoms with Crippen molar-refractivity contribution in [1.82, 2.24) is 0 Å². The predicted octanol–water partition coefficient (Wildman–Crippen LogP) is 9.05. The average Bonchev–Trinajstić information content (AvgIpc) is 3.00. The van der Waals surface area contributed by atoms with Gasteiger partial charge in [-0.1, -0.05) is 73.0 Å². The van der Waals surface area contributed by atoms with Gasteiger partial charge in [0, 0.05) is 0 Å². The van der Waals surface area contributed by atoms with Gasteiger partial charge in [0.1, 0.15) is 0 Å². The van der Waals surface area contributed by atoms with E-state index in [9.17, 15) is 0 Å². The van der Waals surface area contributed by atoms with Gasteiger partial charge < -0.3 is 0 Å². The first kappa shape index (κ1) is 22.0. The molecular weight excluding hydrogens is 348 g/mol. The lowest BCUT2D eigenvalue weighted by molar-refractivity contribution is -0.0658. The summed E-state index contributed by atoms with van der Waals surface area (Å²) in [5, 5.41) is 0. The number of allylic oxidation sites excluding steroid dienone is 2. The molecule has 0 bridgehead atoms. The summed E-state index contributed by atoms with van der Waals surface area (Å²) in [6.45, 7) is 17.9. The van der Waals surface area contributed by atoms with Gasteiger partial charge in [0.25, 0.3) is 0 Å². The molecule has 0 spiro atoms. The molecule has 0 aromatic carbocycles. The summed E-state index contributed by atoms with van der Waals surface area (Å²) in [7, 11) is 0. The quantitative estimate of drug-likeness (QED) is 0.405. The molecule has 4 aliphatic rings. The molecule has 0 heterocycles. The molecule has 0 nitrogen and oxygen atoms in total. The zero-order valence-electron chi connectivity index (χ0n) is 20.8. The Hall–Kier alpha value is -0.260. The number of hydrogen-bond acceptors (Lipinski definition) is 0. The van der Waals surface area contributed by atoms with E-state index < -0.39 is 0 Å². The minimum atomic E-state index is 0.519. The topological polar surface area (TPSA) is 0 Å². The van der Waals surface area contributed by atoms with E-state index in [0.29, 0.717) is 16.2 Å². The first-order valence-electron chi connectivity index (χ1n) is 13.3. The van der Waals surface area contributed by atoms with Gasteiger partial charge in [0.2, 0.25) is 0 Å². The minimum absolute atomic E-state index is 0.519. The third kappa shape index (κ3) is 3.67. The molecule has 4 aliphatic carbocycles. The Bertz CT molecular complexity index is 624. The van der Waals surface area contributed by atoms with Crippen LogP contribution in [0.15, 0.2) is 11.6 Å². The average molecular weight is 399 g/mol. The van der Waals surface area contributed by atoms with Crippen LogP contribution >= 0.6 is 0 Å². The molecule has 7 atom stereocenters. The van der Waals surface area contributed by atoms with Crippen LogP contribution in [0.5, 0.6) is 0 Å². The zero-order valence-corrected chi connectivity index (χ0v) is 20.8. The molecule has 0 N–H and O–H groups in total. The van der Waals surface area contributed by atoms with Gasteiger partial charge in [0.05, 0.1) is 0 Å². The van der Waals surface area contributed by atoms with Gasteiger partial charge in [0.15, 0.2) is 0 Å². The maximum atomic E-state index is 2.75. The van der Waals surface area contributed by atoms with Crippen LogP contribution in [0, 0.1) is 51.8 Å². The second kappa shape index (κ2) is 7.70. The summed E-state index contributed by atoms with van der Waals surface area (Å²) in [5.41, 5.74) is 3.53. The second-order valence-electron chi connectivity index (χ2n) is 13.6. The van der Waals surface area contributed by atoms with Crippen molar-refractivity contribution in [2.75, 3.05) is 0 Å². The van der Waals surface area contributed by atoms with Crippen molar-refractivity contribution >= 4 is 0 Å². The highest BCUT2D eigenvalue weighted by atomic mass is 14.6. The summed E-state index contributed by atoms with van der Waals surface area (Å²) in [6, 6.07) is 0. The van der Waals surface area contributed by atoms with Crippen molar-refractivity contribution in [1.29, 1.82) is 0 Å². The smallest absolute Gasteiger partial charge is 0.00851 e. The molecule has 0 saturated heterocycles. The van der Waals surface area contributed by atoms with Gasteiger partial charge in [-0.05, 0) is 110 Å². The molecule has 0 heteroatoms. The van der Waals surface area contributed by atoms with Crippen molar-refractivity contribution < 1.29 is 0 Å². The number of hydrogen-bond donors (Lipinski definition) is 0. The lowest BCUT2D eigenvalue weighted by Gasteiger charge is -2.59. The van der Waals surface area contributed by atoms with Gasteiger partial charge in [-0.3, -0.25) is 0 Å². The van der Waals surface area contributed by atoms with E-state index in [2.05, 4.69) is 54.5 Å². The highest BCUT2D eigenvalue weighted by Gasteiger charge is 2.60. The Labute approximate surface area is 182 Å². The van der Waals surface area contributed by atoms with Crippen molar-refractivity contribution in [3.8, 4) is 0 Å². The molecule has 0 amide bonds. The summed E-state index contributed by atoms with van der Waals surface area (Å²) in [5.74, 6) is 5.67. The van der Waals surface area contributed by atoms with Crippen molar-refractivity contribution in [3.05, 3.63) is 11.6 Å². The predicted molar refractivity (Wildman–Crippen MR) is 127 cm³/mol. The van der Waals surface area contributed by atoms with Crippen LogP contribution in [0.3, 0.4) is 0 Å². The van der Waals surface area contributed by atoms with E-state index in [4.69, 9.17) is 0 Å². The van der Waals surface area contributed by atoms with Crippen molar-refractivity contribution in [3.63, 3.8) is 0 Å². The van der Waals surface area contributed by atoms with Crippen LogP contribution in [0.25, 0.3) is 0 Å². The lowest BCUT2D eigenvalue weighted by Crippen LogP contribution is -2.51. The Morgan fingerprint density at radius 1 is 1.03 bits per heavy atom. The van der Waals surface area contributed by atoms with Crippen molar-refractivity contribution in [2.24, 2.45) is 51.8 Å². The molecule has 0 aromatic heterocycles. The second-order valence-corrected chi connectivity index (χ2v) is 13.6. The fraction of sp³-hybridized carbons (Fsp3) is 0.931. The Morgan fingerprint density at radius 2 is 1.79 bits per heavy atom. The van der Waals surface area contributed by atoms with Crippen LogP contribution in [-0.4, -0.2) is 0 Å². The Morgan fingerprint density at radius 3 is 2.52 bits per heavy atom. The standard InChI is InChI=1S/C29H50/c1-20(2)9-8-16-27(4,5)26-13-12-24-23-11-10-22-19-21(3)14-17-28(22,6)25(23)15-18-29(24,26)7/h10,20-21,23-26H,8-9,11-19H2,1-7H3/t21-,23?,24?,25?,26?,28-,29-/m0/s1. The monoisotopic (exact) mass is 398 g/mol. The van der Waals surface area contributed by atoms with Crippen LogP contribution in [-0.2, 0) is 0 Å². The summed E-state index contributed by atoms with van der Waals surface area (Å²) in [6.07, 6.45) is 18.8. The zero-order chi connectivity index (χ0) is 21.0. The van der Waals surface area contributed by atoms with Gasteiger partial charge in [-0.15, -0.1) is 0 Å². The number of fused-ring (bicyclic) bond motifs is 5. The first-order valence-corrected chi connectivity index (χ1v) is 13.3. The van der Waals surface area contributed by atoms with Crippen LogP contribution in [0.2, 0.25) is 0 Å². The fourth-order valence-electron chi connectivity index (χ4n) is 9.27. The number of rotatable bonds is 5. The maximum Gasteiger partial charge on any atom is -0.00851 e. The third-order valence-corrected chi connectivity index (χ3v) is 10.9. The fourth-order valence-corrected chi connectivity index (χ4v) is 9.27. The van der Waals surface area contributed by atoms with Crippen LogP contribution in [0.4, 0.5) is 0 Å². The van der Waals surface area contributed by atoms with Gasteiger partial charge in [-0.25, -0.2) is 0 Å². The highest BCUT2D eigenvalue weighted by Crippen LogP contribution is 2.69. The molecule has 3 saturated carbocycles. The van der Waals surface area contributed by atoms with E-state index in [1.807, 2.05) is 5.57 Å². The van der Waals surface area contributed by atoms with E-state index in [1.54, 1.807) is 0 Å². The van der Waals surface area contributed by atoms with E-state index >= 15 is 0 Å². The Kier molecular flexibility index (Phi) is 5.83. The first-order chi connectivity index (χ1) is 13.6. The Balaban J connectivity index is 1.53. The van der Waals surface area contributed by atoms with E-state index in [1.165, 1.54) is 70.6 Å². The minimum Gasteiger partial charge on any atom is -0.0845 e. The molecule has 0 radical (unpaired) electrons. The van der Waals surface area contributed by atoms with Crippen molar-refractivity contribution in [2.45, 2.75) is 119 Å². The molecule has 4 unspecified atom stereocenters. The largest absolute Gasteiger partial charge is 0.0845 e. The SMILES string of the molecule is CC(C)CCCC(C)(C)C1CCC2C3CC=C4C[C@@H](C)CC[C@]4(C)C3CC[C@@]21C. The molecule has 3 fully saturated rings. The van der Waals surface area contributed by atoms with Crippen LogP contribution in [0.1, 0.15) is 119 Å². The maximum absolute atomic E-state index is 2.75. The lowest BCUT2D eigenvalue weighted by atomic mass is 9.46. The van der Waals surface area contributed by atoms with Gasteiger partial charge >= 0.3 is 0 Å².